The number of rotatable bonds is 8. The lowest BCUT2D eigenvalue weighted by molar-refractivity contribution is -0.148. The summed E-state index contributed by atoms with van der Waals surface area (Å²) in [4.78, 5) is 36.0. The van der Waals surface area contributed by atoms with Crippen molar-refractivity contribution in [1.82, 2.24) is 15.2 Å². The van der Waals surface area contributed by atoms with Crippen molar-refractivity contribution in [2.75, 3.05) is 44.7 Å². The SMILES string of the molecule is CCOC(=O)C1CCN(c2nc(-c3cc(C)cs3)ccc2C(=O)NCCC2CCCN2C)CC1. The van der Waals surface area contributed by atoms with Gasteiger partial charge in [0.2, 0.25) is 0 Å². The number of hydrogen-bond acceptors (Lipinski definition) is 7. The van der Waals surface area contributed by atoms with E-state index in [1.54, 1.807) is 11.3 Å². The van der Waals surface area contributed by atoms with Crippen LogP contribution in [0.5, 0.6) is 0 Å². The molecule has 1 amide bonds. The molecule has 1 unspecified atom stereocenters. The molecule has 4 rings (SSSR count). The number of amides is 1. The van der Waals surface area contributed by atoms with Crippen molar-refractivity contribution in [2.24, 2.45) is 5.92 Å². The monoisotopic (exact) mass is 484 g/mol. The number of pyridine rings is 1. The van der Waals surface area contributed by atoms with Crippen LogP contribution in [-0.4, -0.2) is 67.6 Å². The molecule has 0 radical (unpaired) electrons. The van der Waals surface area contributed by atoms with Crippen molar-refractivity contribution in [3.05, 3.63) is 34.7 Å². The highest BCUT2D eigenvalue weighted by molar-refractivity contribution is 7.13. The summed E-state index contributed by atoms with van der Waals surface area (Å²) in [6.45, 7) is 7.47. The van der Waals surface area contributed by atoms with Crippen molar-refractivity contribution in [2.45, 2.75) is 52.0 Å². The van der Waals surface area contributed by atoms with Crippen molar-refractivity contribution >= 4 is 29.0 Å². The Bertz CT molecular complexity index is 1000. The molecule has 1 atom stereocenters. The first-order valence-electron chi connectivity index (χ1n) is 12.4. The molecule has 184 valence electrons. The summed E-state index contributed by atoms with van der Waals surface area (Å²) >= 11 is 1.66. The van der Waals surface area contributed by atoms with E-state index < -0.39 is 0 Å². The third-order valence-corrected chi connectivity index (χ3v) is 8.02. The molecule has 2 aliphatic rings. The van der Waals surface area contributed by atoms with Gasteiger partial charge in [0.25, 0.3) is 5.91 Å². The summed E-state index contributed by atoms with van der Waals surface area (Å²) in [5, 5.41) is 5.24. The van der Waals surface area contributed by atoms with E-state index in [2.05, 4.69) is 40.5 Å². The van der Waals surface area contributed by atoms with E-state index >= 15 is 0 Å². The number of piperidine rings is 1. The van der Waals surface area contributed by atoms with Gasteiger partial charge in [0.1, 0.15) is 5.82 Å². The summed E-state index contributed by atoms with van der Waals surface area (Å²) in [6, 6.07) is 6.52. The van der Waals surface area contributed by atoms with E-state index in [-0.39, 0.29) is 17.8 Å². The van der Waals surface area contributed by atoms with Gasteiger partial charge in [0.15, 0.2) is 0 Å². The molecular weight excluding hydrogens is 448 g/mol. The number of esters is 1. The molecule has 0 bridgehead atoms. The molecular formula is C26H36N4O3S. The number of nitrogens with zero attached hydrogens (tertiary/aromatic N) is 3. The zero-order valence-electron chi connectivity index (χ0n) is 20.5. The van der Waals surface area contributed by atoms with E-state index in [0.717, 1.165) is 23.5 Å². The fraction of sp³-hybridized carbons (Fsp3) is 0.577. The van der Waals surface area contributed by atoms with Gasteiger partial charge in [0, 0.05) is 25.7 Å². The number of likely N-dealkylation sites (tertiary alicyclic amines) is 1. The van der Waals surface area contributed by atoms with Gasteiger partial charge in [-0.1, -0.05) is 0 Å². The Labute approximate surface area is 206 Å². The summed E-state index contributed by atoms with van der Waals surface area (Å²) in [5.74, 6) is 0.429. The van der Waals surface area contributed by atoms with Crippen LogP contribution in [0.1, 0.15) is 54.9 Å². The predicted molar refractivity (Wildman–Crippen MR) is 136 cm³/mol. The molecule has 2 aromatic heterocycles. The average molecular weight is 485 g/mol. The summed E-state index contributed by atoms with van der Waals surface area (Å²) in [7, 11) is 2.16. The number of nitrogens with one attached hydrogen (secondary N) is 1. The number of aromatic nitrogens is 1. The predicted octanol–water partition coefficient (Wildman–Crippen LogP) is 4.11. The van der Waals surface area contributed by atoms with Gasteiger partial charge < -0.3 is 19.9 Å². The molecule has 8 heteroatoms. The van der Waals surface area contributed by atoms with Crippen molar-refractivity contribution in [3.63, 3.8) is 0 Å². The zero-order chi connectivity index (χ0) is 24.1. The fourth-order valence-electron chi connectivity index (χ4n) is 4.95. The van der Waals surface area contributed by atoms with E-state index in [4.69, 9.17) is 9.72 Å². The topological polar surface area (TPSA) is 74.8 Å². The maximum Gasteiger partial charge on any atom is 0.309 e. The number of anilines is 1. The highest BCUT2D eigenvalue weighted by atomic mass is 32.1. The van der Waals surface area contributed by atoms with Gasteiger partial charge in [-0.2, -0.15) is 0 Å². The summed E-state index contributed by atoms with van der Waals surface area (Å²) in [6.07, 6.45) is 4.80. The smallest absolute Gasteiger partial charge is 0.309 e. The standard InChI is InChI=1S/C26H36N4O3S/c1-4-33-26(32)19-10-14-30(15-11-19)24-21(7-8-22(28-24)23-16-18(2)17-34-23)25(31)27-12-9-20-6-5-13-29(20)3/h7-8,16-17,19-20H,4-6,9-15H2,1-3H3,(H,27,31). The Hall–Kier alpha value is -2.45. The quantitative estimate of drug-likeness (QED) is 0.569. The van der Waals surface area contributed by atoms with E-state index in [9.17, 15) is 9.59 Å². The second-order valence-electron chi connectivity index (χ2n) is 9.39. The van der Waals surface area contributed by atoms with Crippen molar-refractivity contribution < 1.29 is 14.3 Å². The van der Waals surface area contributed by atoms with Gasteiger partial charge in [-0.15, -0.1) is 11.3 Å². The molecule has 0 aromatic carbocycles. The van der Waals surface area contributed by atoms with Crippen molar-refractivity contribution in [1.29, 1.82) is 0 Å². The Morgan fingerprint density at radius 2 is 2.00 bits per heavy atom. The Morgan fingerprint density at radius 1 is 1.21 bits per heavy atom. The van der Waals surface area contributed by atoms with Crippen LogP contribution in [0.4, 0.5) is 5.82 Å². The number of ether oxygens (including phenoxy) is 1. The van der Waals surface area contributed by atoms with E-state index in [1.807, 2.05) is 19.1 Å². The molecule has 4 heterocycles. The third-order valence-electron chi connectivity index (χ3n) is 6.95. The Balaban J connectivity index is 1.50. The normalized spacial score (nSPS) is 19.4. The lowest BCUT2D eigenvalue weighted by Crippen LogP contribution is -2.39. The largest absolute Gasteiger partial charge is 0.466 e. The van der Waals surface area contributed by atoms with Crippen LogP contribution in [0.3, 0.4) is 0 Å². The molecule has 0 saturated carbocycles. The second-order valence-corrected chi connectivity index (χ2v) is 10.3. The number of carbonyl (C=O) groups excluding carboxylic acids is 2. The van der Waals surface area contributed by atoms with Gasteiger partial charge in [-0.3, -0.25) is 9.59 Å². The maximum absolute atomic E-state index is 13.2. The minimum Gasteiger partial charge on any atom is -0.466 e. The highest BCUT2D eigenvalue weighted by Crippen LogP contribution is 2.31. The maximum atomic E-state index is 13.2. The number of thiophene rings is 1. The van der Waals surface area contributed by atoms with Crippen LogP contribution in [0.25, 0.3) is 10.6 Å². The molecule has 0 aliphatic carbocycles. The van der Waals surface area contributed by atoms with Crippen molar-refractivity contribution in [3.8, 4) is 10.6 Å². The minimum absolute atomic E-state index is 0.0791. The van der Waals surface area contributed by atoms with Gasteiger partial charge in [-0.05, 0) is 88.7 Å². The van der Waals surface area contributed by atoms with Crippen LogP contribution in [0.2, 0.25) is 0 Å². The van der Waals surface area contributed by atoms with Crippen LogP contribution >= 0.6 is 11.3 Å². The summed E-state index contributed by atoms with van der Waals surface area (Å²) in [5.41, 5.74) is 2.69. The van der Waals surface area contributed by atoms with Crippen LogP contribution in [0.15, 0.2) is 23.6 Å². The molecule has 2 saturated heterocycles. The van der Waals surface area contributed by atoms with E-state index in [0.29, 0.717) is 56.5 Å². The molecule has 7 nitrogen and oxygen atoms in total. The fourth-order valence-corrected chi connectivity index (χ4v) is 5.82. The zero-order valence-corrected chi connectivity index (χ0v) is 21.3. The number of hydrogen-bond donors (Lipinski definition) is 1. The van der Waals surface area contributed by atoms with Crippen LogP contribution < -0.4 is 10.2 Å². The molecule has 2 fully saturated rings. The summed E-state index contributed by atoms with van der Waals surface area (Å²) < 4.78 is 5.22. The van der Waals surface area contributed by atoms with Crippen LogP contribution in [-0.2, 0) is 9.53 Å². The third kappa shape index (κ3) is 5.78. The second kappa shape index (κ2) is 11.3. The Morgan fingerprint density at radius 3 is 2.65 bits per heavy atom. The molecule has 0 spiro atoms. The van der Waals surface area contributed by atoms with Gasteiger partial charge in [-0.25, -0.2) is 4.98 Å². The molecule has 34 heavy (non-hydrogen) atoms. The Kier molecular flexibility index (Phi) is 8.21. The molecule has 1 N–H and O–H groups in total. The minimum atomic E-state index is -0.118. The van der Waals surface area contributed by atoms with Crippen LogP contribution in [0, 0.1) is 12.8 Å². The first-order valence-corrected chi connectivity index (χ1v) is 13.3. The average Bonchev–Trinajstić information content (AvgIpc) is 3.47. The lowest BCUT2D eigenvalue weighted by atomic mass is 9.96. The highest BCUT2D eigenvalue weighted by Gasteiger charge is 2.29. The number of aryl methyl sites for hydroxylation is 1. The first-order chi connectivity index (χ1) is 16.5. The van der Waals surface area contributed by atoms with Gasteiger partial charge in [0.05, 0.1) is 28.7 Å². The lowest BCUT2D eigenvalue weighted by Gasteiger charge is -2.33. The number of carbonyl (C=O) groups is 2. The van der Waals surface area contributed by atoms with E-state index in [1.165, 1.54) is 18.4 Å². The van der Waals surface area contributed by atoms with Gasteiger partial charge >= 0.3 is 5.97 Å². The molecule has 2 aromatic rings. The first kappa shape index (κ1) is 24.7. The molecule has 2 aliphatic heterocycles.